The second-order valence-corrected chi connectivity index (χ2v) is 7.69. The van der Waals surface area contributed by atoms with Gasteiger partial charge >= 0.3 is 0 Å². The van der Waals surface area contributed by atoms with Crippen LogP contribution in [0.1, 0.15) is 48.1 Å². The van der Waals surface area contributed by atoms with E-state index in [0.717, 1.165) is 26.9 Å². The molecule has 1 aromatic carbocycles. The van der Waals surface area contributed by atoms with Crippen LogP contribution in [0.5, 0.6) is 0 Å². The molecule has 0 aliphatic rings. The first-order valence-corrected chi connectivity index (χ1v) is 9.73. The third-order valence-electron chi connectivity index (χ3n) is 4.50. The zero-order valence-electron chi connectivity index (χ0n) is 15.7. The Morgan fingerprint density at radius 3 is 2.58 bits per heavy atom. The molecule has 0 atom stereocenters. The van der Waals surface area contributed by atoms with E-state index in [1.807, 2.05) is 53.6 Å². The molecule has 0 unspecified atom stereocenters. The van der Waals surface area contributed by atoms with Gasteiger partial charge in [-0.25, -0.2) is 4.98 Å². The van der Waals surface area contributed by atoms with Crippen molar-refractivity contribution in [3.8, 4) is 0 Å². The van der Waals surface area contributed by atoms with E-state index in [1.54, 1.807) is 0 Å². The minimum absolute atomic E-state index is 0.0192. The molecule has 0 spiro atoms. The zero-order chi connectivity index (χ0) is 18.8. The molecule has 26 heavy (non-hydrogen) atoms. The van der Waals surface area contributed by atoms with E-state index in [4.69, 9.17) is 4.98 Å². The van der Waals surface area contributed by atoms with Gasteiger partial charge in [-0.3, -0.25) is 9.20 Å². The van der Waals surface area contributed by atoms with Crippen molar-refractivity contribution in [2.45, 2.75) is 46.7 Å². The largest absolute Gasteiger partial charge is 0.331 e. The number of carbonyl (C=O) groups is 1. The Kier molecular flexibility index (Phi) is 5.47. The summed E-state index contributed by atoms with van der Waals surface area (Å²) >= 11 is 3.59. The van der Waals surface area contributed by atoms with Crippen LogP contribution in [0.25, 0.3) is 5.65 Å². The van der Waals surface area contributed by atoms with Crippen molar-refractivity contribution in [2.24, 2.45) is 0 Å². The normalized spacial score (nSPS) is 11.3. The predicted molar refractivity (Wildman–Crippen MR) is 108 cm³/mol. The first-order valence-electron chi connectivity index (χ1n) is 8.94. The zero-order valence-corrected chi connectivity index (χ0v) is 17.2. The molecule has 0 saturated carbocycles. The van der Waals surface area contributed by atoms with Crippen molar-refractivity contribution in [1.29, 1.82) is 0 Å². The van der Waals surface area contributed by atoms with Crippen LogP contribution in [0.4, 0.5) is 0 Å². The van der Waals surface area contributed by atoms with Crippen LogP contribution >= 0.6 is 15.9 Å². The van der Waals surface area contributed by atoms with Crippen LogP contribution in [0, 0.1) is 6.92 Å². The lowest BCUT2D eigenvalue weighted by Gasteiger charge is -2.27. The van der Waals surface area contributed by atoms with Gasteiger partial charge in [0.1, 0.15) is 5.69 Å². The van der Waals surface area contributed by atoms with Crippen molar-refractivity contribution < 1.29 is 4.79 Å². The standard InChI is InChI=1S/C21H24BrN3O/c1-5-18-19(25-12-15(4)11-17(22)20(25)23-18)21(26)24(14(2)3)13-16-9-7-6-8-10-16/h6-12,14H,5,13H2,1-4H3. The summed E-state index contributed by atoms with van der Waals surface area (Å²) in [5.41, 5.74) is 4.49. The Balaban J connectivity index is 2.09. The molecule has 0 fully saturated rings. The fourth-order valence-electron chi connectivity index (χ4n) is 3.16. The topological polar surface area (TPSA) is 37.6 Å². The van der Waals surface area contributed by atoms with Gasteiger partial charge in [0.2, 0.25) is 0 Å². The summed E-state index contributed by atoms with van der Waals surface area (Å²) in [5.74, 6) is 0.0192. The Hall–Kier alpha value is -2.14. The maximum atomic E-state index is 13.5. The molecule has 0 saturated heterocycles. The lowest BCUT2D eigenvalue weighted by molar-refractivity contribution is 0.0682. The van der Waals surface area contributed by atoms with E-state index < -0.39 is 0 Å². The van der Waals surface area contributed by atoms with Crippen LogP contribution in [0.15, 0.2) is 47.1 Å². The average molecular weight is 414 g/mol. The van der Waals surface area contributed by atoms with E-state index in [-0.39, 0.29) is 11.9 Å². The Bertz CT molecular complexity index is 931. The molecule has 5 heteroatoms. The van der Waals surface area contributed by atoms with Gasteiger partial charge in [-0.1, -0.05) is 37.3 Å². The monoisotopic (exact) mass is 413 g/mol. The van der Waals surface area contributed by atoms with Crippen molar-refractivity contribution in [3.05, 3.63) is 69.6 Å². The first kappa shape index (κ1) is 18.6. The number of amides is 1. The number of rotatable bonds is 5. The van der Waals surface area contributed by atoms with Gasteiger partial charge in [-0.05, 0) is 60.3 Å². The average Bonchev–Trinajstić information content (AvgIpc) is 2.98. The molecule has 1 amide bonds. The van der Waals surface area contributed by atoms with E-state index in [1.165, 1.54) is 0 Å². The number of fused-ring (bicyclic) bond motifs is 1. The molecule has 4 nitrogen and oxygen atoms in total. The quantitative estimate of drug-likeness (QED) is 0.588. The molecule has 3 aromatic rings. The van der Waals surface area contributed by atoms with Crippen molar-refractivity contribution >= 4 is 27.5 Å². The summed E-state index contributed by atoms with van der Waals surface area (Å²) in [6.07, 6.45) is 2.70. The second kappa shape index (κ2) is 7.62. The number of aromatic nitrogens is 2. The highest BCUT2D eigenvalue weighted by molar-refractivity contribution is 9.10. The smallest absolute Gasteiger partial charge is 0.273 e. The number of aryl methyl sites for hydroxylation is 2. The highest BCUT2D eigenvalue weighted by Crippen LogP contribution is 2.25. The molecule has 136 valence electrons. The molecular formula is C21H24BrN3O. The van der Waals surface area contributed by atoms with E-state index >= 15 is 0 Å². The number of halogens is 1. The molecule has 0 aliphatic heterocycles. The molecule has 2 heterocycles. The number of hydrogen-bond acceptors (Lipinski definition) is 2. The fourth-order valence-corrected chi connectivity index (χ4v) is 3.80. The SMILES string of the molecule is CCc1nc2c(Br)cc(C)cn2c1C(=O)N(Cc1ccccc1)C(C)C. The third kappa shape index (κ3) is 3.54. The summed E-state index contributed by atoms with van der Waals surface area (Å²) in [7, 11) is 0. The van der Waals surface area contributed by atoms with Crippen molar-refractivity contribution in [1.82, 2.24) is 14.3 Å². The van der Waals surface area contributed by atoms with Gasteiger partial charge < -0.3 is 4.90 Å². The van der Waals surface area contributed by atoms with Gasteiger partial charge in [0, 0.05) is 18.8 Å². The lowest BCUT2D eigenvalue weighted by atomic mass is 10.1. The Labute approximate surface area is 163 Å². The predicted octanol–water partition coefficient (Wildman–Crippen LogP) is 5.02. The minimum Gasteiger partial charge on any atom is -0.331 e. The highest BCUT2D eigenvalue weighted by atomic mass is 79.9. The van der Waals surface area contributed by atoms with Crippen LogP contribution in [-0.2, 0) is 13.0 Å². The summed E-state index contributed by atoms with van der Waals surface area (Å²) in [6, 6.07) is 12.2. The number of benzene rings is 1. The molecule has 2 aromatic heterocycles. The van der Waals surface area contributed by atoms with Gasteiger partial charge in [0.05, 0.1) is 10.2 Å². The van der Waals surface area contributed by atoms with Gasteiger partial charge in [0.25, 0.3) is 5.91 Å². The molecule has 0 N–H and O–H groups in total. The van der Waals surface area contributed by atoms with E-state index in [9.17, 15) is 4.79 Å². The fraction of sp³-hybridized carbons (Fsp3) is 0.333. The van der Waals surface area contributed by atoms with Crippen molar-refractivity contribution in [2.75, 3.05) is 0 Å². The lowest BCUT2D eigenvalue weighted by Crippen LogP contribution is -2.37. The third-order valence-corrected chi connectivity index (χ3v) is 5.09. The molecule has 0 radical (unpaired) electrons. The van der Waals surface area contributed by atoms with Crippen LogP contribution in [-0.4, -0.2) is 26.2 Å². The van der Waals surface area contributed by atoms with E-state index in [0.29, 0.717) is 18.7 Å². The van der Waals surface area contributed by atoms with Crippen LogP contribution < -0.4 is 0 Å². The summed E-state index contributed by atoms with van der Waals surface area (Å²) in [5, 5.41) is 0. The summed E-state index contributed by atoms with van der Waals surface area (Å²) in [4.78, 5) is 20.1. The highest BCUT2D eigenvalue weighted by Gasteiger charge is 2.26. The van der Waals surface area contributed by atoms with Crippen LogP contribution in [0.3, 0.4) is 0 Å². The second-order valence-electron chi connectivity index (χ2n) is 6.83. The van der Waals surface area contributed by atoms with Crippen LogP contribution in [0.2, 0.25) is 0 Å². The molecule has 0 bridgehead atoms. The van der Waals surface area contributed by atoms with Gasteiger partial charge in [0.15, 0.2) is 5.65 Å². The number of pyridine rings is 1. The molecule has 3 rings (SSSR count). The first-order chi connectivity index (χ1) is 12.4. The number of nitrogens with zero attached hydrogens (tertiary/aromatic N) is 3. The summed E-state index contributed by atoms with van der Waals surface area (Å²) < 4.78 is 2.84. The van der Waals surface area contributed by atoms with Gasteiger partial charge in [-0.2, -0.15) is 0 Å². The maximum absolute atomic E-state index is 13.5. The number of hydrogen-bond donors (Lipinski definition) is 0. The molecule has 0 aliphatic carbocycles. The molecular weight excluding hydrogens is 390 g/mol. The number of imidazole rings is 1. The minimum atomic E-state index is 0.0192. The Morgan fingerprint density at radius 1 is 1.27 bits per heavy atom. The Morgan fingerprint density at radius 2 is 1.96 bits per heavy atom. The van der Waals surface area contributed by atoms with Crippen molar-refractivity contribution in [3.63, 3.8) is 0 Å². The summed E-state index contributed by atoms with van der Waals surface area (Å²) in [6.45, 7) is 8.75. The number of carbonyl (C=O) groups excluding carboxylic acids is 1. The maximum Gasteiger partial charge on any atom is 0.273 e. The van der Waals surface area contributed by atoms with E-state index in [2.05, 4.69) is 41.9 Å². The van der Waals surface area contributed by atoms with Gasteiger partial charge in [-0.15, -0.1) is 0 Å².